The number of carboxylic acids is 1. The van der Waals surface area contributed by atoms with Gasteiger partial charge in [-0.3, -0.25) is 4.79 Å². The van der Waals surface area contributed by atoms with Crippen LogP contribution in [0.25, 0.3) is 0 Å². The molecule has 7 heteroatoms. The van der Waals surface area contributed by atoms with Gasteiger partial charge >= 0.3 is 5.97 Å². The Morgan fingerprint density at radius 1 is 1.38 bits per heavy atom. The minimum absolute atomic E-state index is 0.850. The predicted molar refractivity (Wildman–Crippen MR) is 46.7 cm³/mol. The highest BCUT2D eigenvalue weighted by molar-refractivity contribution is 6.53. The number of carbonyl (C=O) groups is 2. The quantitative estimate of drug-likeness (QED) is 0.580. The van der Waals surface area contributed by atoms with Crippen LogP contribution < -0.4 is 5.32 Å². The van der Waals surface area contributed by atoms with Crippen LogP contribution in [0.2, 0.25) is 0 Å². The molecule has 0 saturated heterocycles. The third-order valence-electron chi connectivity index (χ3n) is 1.24. The maximum Gasteiger partial charge on any atom is 0.328 e. The van der Waals surface area contributed by atoms with E-state index in [2.05, 4.69) is 0 Å². The number of amides is 1. The first-order valence-corrected chi connectivity index (χ1v) is 4.23. The molecule has 0 saturated carbocycles. The van der Waals surface area contributed by atoms with Crippen molar-refractivity contribution >= 4 is 35.1 Å². The summed E-state index contributed by atoms with van der Waals surface area (Å²) in [5, 5.41) is 19.4. The third kappa shape index (κ3) is 4.31. The zero-order chi connectivity index (χ0) is 10.6. The second kappa shape index (κ2) is 5.26. The highest BCUT2D eigenvalue weighted by atomic mass is 35.5. The number of nitrogens with one attached hydrogen (secondary N) is 1. The summed E-state index contributed by atoms with van der Waals surface area (Å²) < 4.78 is 0. The molecular weight excluding hydrogens is 221 g/mol. The molecule has 0 aromatic carbocycles. The Morgan fingerprint density at radius 2 is 1.85 bits per heavy atom. The number of hydrogen-bond acceptors (Lipinski definition) is 3. The maximum atomic E-state index is 10.8. The molecule has 76 valence electrons. The molecule has 0 aromatic rings. The van der Waals surface area contributed by atoms with Gasteiger partial charge in [-0.15, -0.1) is 0 Å². The van der Waals surface area contributed by atoms with Crippen LogP contribution >= 0.6 is 23.2 Å². The number of carbonyl (C=O) groups excluding carboxylic acids is 1. The molecule has 2 atom stereocenters. The Morgan fingerprint density at radius 3 is 2.08 bits per heavy atom. The topological polar surface area (TPSA) is 86.6 Å². The Hall–Kier alpha value is -0.520. The van der Waals surface area contributed by atoms with Crippen molar-refractivity contribution in [3.8, 4) is 0 Å². The lowest BCUT2D eigenvalue weighted by atomic mass is 10.2. The van der Waals surface area contributed by atoms with Gasteiger partial charge in [0.25, 0.3) is 5.91 Å². The Labute approximate surface area is 84.6 Å². The zero-order valence-corrected chi connectivity index (χ0v) is 8.21. The van der Waals surface area contributed by atoms with Crippen molar-refractivity contribution in [3.05, 3.63) is 0 Å². The molecule has 0 heterocycles. The Bertz CT molecular complexity index is 207. The zero-order valence-electron chi connectivity index (χ0n) is 6.70. The van der Waals surface area contributed by atoms with E-state index in [-0.39, 0.29) is 0 Å². The van der Waals surface area contributed by atoms with Crippen LogP contribution in [0.3, 0.4) is 0 Å². The Balaban J connectivity index is 4.27. The highest BCUT2D eigenvalue weighted by Crippen LogP contribution is 2.02. The van der Waals surface area contributed by atoms with Crippen LogP contribution in [-0.2, 0) is 9.59 Å². The van der Waals surface area contributed by atoms with E-state index in [0.29, 0.717) is 0 Å². The summed E-state index contributed by atoms with van der Waals surface area (Å²) in [7, 11) is 0. The molecule has 0 bridgehead atoms. The molecule has 0 fully saturated rings. The van der Waals surface area contributed by atoms with Crippen LogP contribution in [0.5, 0.6) is 0 Å². The molecule has 0 aliphatic carbocycles. The van der Waals surface area contributed by atoms with E-state index in [1.165, 1.54) is 6.92 Å². The smallest absolute Gasteiger partial charge is 0.328 e. The van der Waals surface area contributed by atoms with E-state index in [1.807, 2.05) is 5.32 Å². The van der Waals surface area contributed by atoms with Crippen molar-refractivity contribution in [2.75, 3.05) is 0 Å². The lowest BCUT2D eigenvalue weighted by molar-refractivity contribution is -0.144. The van der Waals surface area contributed by atoms with Crippen molar-refractivity contribution in [2.45, 2.75) is 23.9 Å². The van der Waals surface area contributed by atoms with Crippen molar-refractivity contribution < 1.29 is 19.8 Å². The fraction of sp³-hybridized carbons (Fsp3) is 0.667. The van der Waals surface area contributed by atoms with Crippen LogP contribution in [-0.4, -0.2) is 39.1 Å². The monoisotopic (exact) mass is 229 g/mol. The number of hydrogen-bond donors (Lipinski definition) is 3. The van der Waals surface area contributed by atoms with Crippen LogP contribution in [0.1, 0.15) is 6.92 Å². The standard InChI is InChI=1S/C6H9Cl2NO4/c1-2(10)3(6(12)13)9-5(11)4(7)8/h2-4,10H,1H3,(H,9,11)(H,12,13)/t2-,3+/m0/s1. The first kappa shape index (κ1) is 12.5. The fourth-order valence-electron chi connectivity index (χ4n) is 0.605. The van der Waals surface area contributed by atoms with E-state index in [9.17, 15) is 9.59 Å². The normalized spacial score (nSPS) is 15.2. The van der Waals surface area contributed by atoms with Gasteiger partial charge in [0.1, 0.15) is 0 Å². The van der Waals surface area contributed by atoms with Crippen molar-refractivity contribution in [2.24, 2.45) is 0 Å². The Kier molecular flexibility index (Phi) is 5.05. The molecule has 3 N–H and O–H groups in total. The number of rotatable bonds is 4. The summed E-state index contributed by atoms with van der Waals surface area (Å²) in [6, 6.07) is -1.40. The summed E-state index contributed by atoms with van der Waals surface area (Å²) in [4.78, 5) is 19.9. The minimum Gasteiger partial charge on any atom is -0.480 e. The number of halogens is 2. The average molecular weight is 230 g/mol. The lowest BCUT2D eigenvalue weighted by Crippen LogP contribution is -2.49. The minimum atomic E-state index is -1.40. The van der Waals surface area contributed by atoms with E-state index in [0.717, 1.165) is 0 Å². The molecule has 5 nitrogen and oxygen atoms in total. The third-order valence-corrected chi connectivity index (χ3v) is 1.64. The van der Waals surface area contributed by atoms with Crippen molar-refractivity contribution in [1.82, 2.24) is 5.32 Å². The second-order valence-electron chi connectivity index (χ2n) is 2.37. The first-order chi connectivity index (χ1) is 5.86. The van der Waals surface area contributed by atoms with Gasteiger partial charge in [0.05, 0.1) is 6.10 Å². The maximum absolute atomic E-state index is 10.8. The van der Waals surface area contributed by atoms with Crippen LogP contribution in [0, 0.1) is 0 Å². The molecule has 0 aliphatic heterocycles. The van der Waals surface area contributed by atoms with E-state index in [4.69, 9.17) is 33.4 Å². The number of alkyl halides is 2. The molecular formula is C6H9Cl2NO4. The summed E-state index contributed by atoms with van der Waals surface area (Å²) in [5.41, 5.74) is 0. The molecule has 1 amide bonds. The fourth-order valence-corrected chi connectivity index (χ4v) is 0.731. The van der Waals surface area contributed by atoms with E-state index in [1.54, 1.807) is 0 Å². The lowest BCUT2D eigenvalue weighted by Gasteiger charge is -2.16. The van der Waals surface area contributed by atoms with Crippen molar-refractivity contribution in [3.63, 3.8) is 0 Å². The van der Waals surface area contributed by atoms with Gasteiger partial charge in [-0.2, -0.15) is 0 Å². The molecule has 13 heavy (non-hydrogen) atoms. The van der Waals surface area contributed by atoms with Crippen molar-refractivity contribution in [1.29, 1.82) is 0 Å². The van der Waals surface area contributed by atoms with E-state index >= 15 is 0 Å². The number of aliphatic hydroxyl groups is 1. The van der Waals surface area contributed by atoms with Crippen LogP contribution in [0.4, 0.5) is 0 Å². The van der Waals surface area contributed by atoms with Gasteiger partial charge in [-0.1, -0.05) is 23.2 Å². The second-order valence-corrected chi connectivity index (χ2v) is 3.46. The van der Waals surface area contributed by atoms with Gasteiger partial charge in [-0.05, 0) is 6.92 Å². The van der Waals surface area contributed by atoms with Gasteiger partial charge in [0.2, 0.25) is 0 Å². The van der Waals surface area contributed by atoms with Gasteiger partial charge in [0.15, 0.2) is 10.9 Å². The predicted octanol–water partition coefficient (Wildman–Crippen LogP) is -0.260. The van der Waals surface area contributed by atoms with Gasteiger partial charge in [0, 0.05) is 0 Å². The van der Waals surface area contributed by atoms with Gasteiger partial charge < -0.3 is 15.5 Å². The molecule has 0 spiro atoms. The number of aliphatic carboxylic acids is 1. The molecule has 0 unspecified atom stereocenters. The number of carboxylic acid groups (broad SMARTS) is 1. The largest absolute Gasteiger partial charge is 0.480 e. The number of aliphatic hydroxyl groups excluding tert-OH is 1. The molecule has 0 radical (unpaired) electrons. The van der Waals surface area contributed by atoms with Gasteiger partial charge in [-0.25, -0.2) is 4.79 Å². The van der Waals surface area contributed by atoms with E-state index < -0.39 is 28.9 Å². The summed E-state index contributed by atoms with van der Waals surface area (Å²) in [5.74, 6) is -2.20. The summed E-state index contributed by atoms with van der Waals surface area (Å²) in [6.07, 6.45) is -1.21. The summed E-state index contributed by atoms with van der Waals surface area (Å²) >= 11 is 10.3. The first-order valence-electron chi connectivity index (χ1n) is 3.35. The summed E-state index contributed by atoms with van der Waals surface area (Å²) in [6.45, 7) is 1.23. The highest BCUT2D eigenvalue weighted by Gasteiger charge is 2.26. The average Bonchev–Trinajstić information content (AvgIpc) is 1.97. The molecule has 0 aliphatic rings. The molecule has 0 aromatic heterocycles. The molecule has 0 rings (SSSR count). The SMILES string of the molecule is C[C@H](O)[C@@H](NC(=O)C(Cl)Cl)C(=O)O. The van der Waals surface area contributed by atoms with Crippen LogP contribution in [0.15, 0.2) is 0 Å².